The van der Waals surface area contributed by atoms with Crippen LogP contribution in [-0.2, 0) is 0 Å². The van der Waals surface area contributed by atoms with E-state index in [1.165, 1.54) is 0 Å². The first-order valence-electron chi connectivity index (χ1n) is 4.89. The molecule has 0 bridgehead atoms. The maximum absolute atomic E-state index is 10.7. The number of hydrogen-bond acceptors (Lipinski definition) is 4. The van der Waals surface area contributed by atoms with Crippen LogP contribution in [-0.4, -0.2) is 62.0 Å². The number of nitrogens with zero attached hydrogens (tertiary/aromatic N) is 1. The Morgan fingerprint density at radius 1 is 1.29 bits per heavy atom. The van der Waals surface area contributed by atoms with Gasteiger partial charge in [-0.1, -0.05) is 0 Å². The molecule has 6 nitrogen and oxygen atoms in total. The van der Waals surface area contributed by atoms with Crippen molar-refractivity contribution in [2.75, 3.05) is 46.0 Å². The second-order valence-electron chi connectivity index (χ2n) is 3.12. The van der Waals surface area contributed by atoms with E-state index in [4.69, 9.17) is 5.11 Å². The van der Waals surface area contributed by atoms with Crippen molar-refractivity contribution in [1.82, 2.24) is 20.9 Å². The number of aliphatic hydroxyl groups excluding tert-OH is 1. The summed E-state index contributed by atoms with van der Waals surface area (Å²) in [6.45, 7) is 5.21. The predicted molar refractivity (Wildman–Crippen MR) is 52.9 cm³/mol. The smallest absolute Gasteiger partial charge is 0.317 e. The predicted octanol–water partition coefficient (Wildman–Crippen LogP) is -1.86. The Hall–Kier alpha value is -0.850. The van der Waals surface area contributed by atoms with E-state index in [2.05, 4.69) is 16.0 Å². The molecule has 2 saturated heterocycles. The monoisotopic (exact) mass is 202 g/mol. The van der Waals surface area contributed by atoms with Gasteiger partial charge in [-0.05, 0) is 0 Å². The molecule has 4 N–H and O–H groups in total. The lowest BCUT2D eigenvalue weighted by atomic mass is 10.5. The Labute approximate surface area is 83.7 Å². The van der Waals surface area contributed by atoms with Crippen LogP contribution in [0.25, 0.3) is 0 Å². The zero-order chi connectivity index (χ0) is 10.2. The number of carbonyl (C=O) groups excluding carboxylic acids is 1. The van der Waals surface area contributed by atoms with Gasteiger partial charge in [0.05, 0.1) is 6.61 Å². The number of aliphatic hydroxyl groups is 1. The van der Waals surface area contributed by atoms with Gasteiger partial charge in [-0.3, -0.25) is 0 Å². The van der Waals surface area contributed by atoms with E-state index in [9.17, 15) is 4.79 Å². The first-order valence-corrected chi connectivity index (χ1v) is 4.89. The molecule has 0 spiro atoms. The van der Waals surface area contributed by atoms with Gasteiger partial charge in [0, 0.05) is 39.4 Å². The zero-order valence-electron chi connectivity index (χ0n) is 8.25. The van der Waals surface area contributed by atoms with Crippen LogP contribution in [0.4, 0.5) is 4.79 Å². The van der Waals surface area contributed by atoms with Crippen molar-refractivity contribution >= 4 is 6.03 Å². The summed E-state index contributed by atoms with van der Waals surface area (Å²) in [5.41, 5.74) is 0. The third-order valence-electron chi connectivity index (χ3n) is 2.04. The number of rotatable bonds is 2. The second-order valence-corrected chi connectivity index (χ2v) is 3.12. The van der Waals surface area contributed by atoms with Crippen molar-refractivity contribution in [3.63, 3.8) is 0 Å². The minimum absolute atomic E-state index is 0.0490. The van der Waals surface area contributed by atoms with Crippen LogP contribution in [0.5, 0.6) is 0 Å². The molecule has 0 aromatic heterocycles. The van der Waals surface area contributed by atoms with Crippen LogP contribution in [0.15, 0.2) is 0 Å². The Balaban J connectivity index is 0.000000165. The molecular formula is C8H18N4O2. The Morgan fingerprint density at radius 3 is 2.36 bits per heavy atom. The molecule has 14 heavy (non-hydrogen) atoms. The van der Waals surface area contributed by atoms with Crippen molar-refractivity contribution < 1.29 is 9.90 Å². The Kier molecular flexibility index (Phi) is 5.28. The van der Waals surface area contributed by atoms with E-state index in [1.54, 1.807) is 4.90 Å². The SMILES string of the molecule is C1CNCN1.O=C1NCCN1CCO. The molecule has 0 saturated carbocycles. The molecule has 0 aliphatic carbocycles. The molecular weight excluding hydrogens is 184 g/mol. The third-order valence-corrected chi connectivity index (χ3v) is 2.04. The maximum Gasteiger partial charge on any atom is 0.317 e. The number of amides is 2. The van der Waals surface area contributed by atoms with Gasteiger partial charge in [0.2, 0.25) is 0 Å². The molecule has 2 rings (SSSR count). The van der Waals surface area contributed by atoms with Crippen molar-refractivity contribution in [2.45, 2.75) is 0 Å². The van der Waals surface area contributed by atoms with Crippen LogP contribution >= 0.6 is 0 Å². The van der Waals surface area contributed by atoms with Crippen molar-refractivity contribution in [1.29, 1.82) is 0 Å². The lowest BCUT2D eigenvalue weighted by Gasteiger charge is -2.10. The fourth-order valence-corrected chi connectivity index (χ4v) is 1.29. The summed E-state index contributed by atoms with van der Waals surface area (Å²) in [7, 11) is 0. The summed E-state index contributed by atoms with van der Waals surface area (Å²) in [5.74, 6) is 0. The van der Waals surface area contributed by atoms with Crippen LogP contribution in [0.3, 0.4) is 0 Å². The number of hydrogen-bond donors (Lipinski definition) is 4. The molecule has 0 aromatic carbocycles. The lowest BCUT2D eigenvalue weighted by molar-refractivity contribution is 0.197. The number of urea groups is 1. The molecule has 82 valence electrons. The second kappa shape index (κ2) is 6.58. The van der Waals surface area contributed by atoms with Crippen LogP contribution in [0, 0.1) is 0 Å². The fraction of sp³-hybridized carbons (Fsp3) is 0.875. The summed E-state index contributed by atoms with van der Waals surface area (Å²) >= 11 is 0. The van der Waals surface area contributed by atoms with Gasteiger partial charge in [-0.15, -0.1) is 0 Å². The van der Waals surface area contributed by atoms with Crippen LogP contribution in [0.2, 0.25) is 0 Å². The highest BCUT2D eigenvalue weighted by molar-refractivity contribution is 5.76. The van der Waals surface area contributed by atoms with Crippen LogP contribution < -0.4 is 16.0 Å². The molecule has 0 radical (unpaired) electrons. The molecule has 0 unspecified atom stereocenters. The zero-order valence-corrected chi connectivity index (χ0v) is 8.25. The minimum atomic E-state index is -0.0657. The molecule has 2 aliphatic heterocycles. The molecule has 0 atom stereocenters. The molecule has 2 aliphatic rings. The normalized spacial score (nSPS) is 20.4. The highest BCUT2D eigenvalue weighted by atomic mass is 16.3. The average molecular weight is 202 g/mol. The first-order chi connectivity index (χ1) is 6.84. The summed E-state index contributed by atoms with van der Waals surface area (Å²) < 4.78 is 0. The van der Waals surface area contributed by atoms with E-state index in [1.807, 2.05) is 0 Å². The van der Waals surface area contributed by atoms with E-state index < -0.39 is 0 Å². The fourth-order valence-electron chi connectivity index (χ4n) is 1.29. The maximum atomic E-state index is 10.7. The van der Waals surface area contributed by atoms with Crippen LogP contribution in [0.1, 0.15) is 0 Å². The average Bonchev–Trinajstić information content (AvgIpc) is 2.81. The van der Waals surface area contributed by atoms with E-state index in [0.717, 1.165) is 26.3 Å². The standard InChI is InChI=1S/C5H10N2O2.C3H8N2/c8-4-3-7-2-1-6-5(7)9;1-2-5-3-4-1/h8H,1-4H2,(H,6,9);4-5H,1-3H2. The van der Waals surface area contributed by atoms with Gasteiger partial charge in [0.1, 0.15) is 0 Å². The Bertz CT molecular complexity index is 165. The van der Waals surface area contributed by atoms with Gasteiger partial charge in [-0.25, -0.2) is 4.79 Å². The molecule has 2 heterocycles. The summed E-state index contributed by atoms with van der Waals surface area (Å²) in [4.78, 5) is 12.3. The van der Waals surface area contributed by atoms with Gasteiger partial charge in [0.15, 0.2) is 0 Å². The molecule has 6 heteroatoms. The number of β-amino-alcohol motifs (C(OH)–C–C–N with tert-alkyl or cyclic N) is 1. The summed E-state index contributed by atoms with van der Waals surface area (Å²) in [6.07, 6.45) is 0. The molecule has 0 aromatic rings. The van der Waals surface area contributed by atoms with Crippen molar-refractivity contribution in [3.05, 3.63) is 0 Å². The summed E-state index contributed by atoms with van der Waals surface area (Å²) in [5, 5.41) is 17.3. The molecule has 2 amide bonds. The van der Waals surface area contributed by atoms with Gasteiger partial charge in [0.25, 0.3) is 0 Å². The highest BCUT2D eigenvalue weighted by Crippen LogP contribution is 1.93. The first kappa shape index (κ1) is 11.2. The highest BCUT2D eigenvalue weighted by Gasteiger charge is 2.17. The number of carbonyl (C=O) groups is 1. The minimum Gasteiger partial charge on any atom is -0.395 e. The van der Waals surface area contributed by atoms with E-state index in [-0.39, 0.29) is 12.6 Å². The van der Waals surface area contributed by atoms with Gasteiger partial charge in [-0.2, -0.15) is 0 Å². The lowest BCUT2D eigenvalue weighted by Crippen LogP contribution is -2.30. The van der Waals surface area contributed by atoms with E-state index >= 15 is 0 Å². The number of nitrogens with one attached hydrogen (secondary N) is 3. The van der Waals surface area contributed by atoms with E-state index in [0.29, 0.717) is 13.1 Å². The molecule has 2 fully saturated rings. The van der Waals surface area contributed by atoms with Crippen molar-refractivity contribution in [3.8, 4) is 0 Å². The quantitative estimate of drug-likeness (QED) is 0.423. The summed E-state index contributed by atoms with van der Waals surface area (Å²) in [6, 6.07) is -0.0657. The topological polar surface area (TPSA) is 76.6 Å². The van der Waals surface area contributed by atoms with Crippen molar-refractivity contribution in [2.24, 2.45) is 0 Å². The third kappa shape index (κ3) is 3.91. The largest absolute Gasteiger partial charge is 0.395 e. The van der Waals surface area contributed by atoms with Gasteiger partial charge >= 0.3 is 6.03 Å². The Morgan fingerprint density at radius 2 is 2.00 bits per heavy atom. The van der Waals surface area contributed by atoms with Gasteiger partial charge < -0.3 is 26.0 Å².